The number of hydrazine groups is 1. The van der Waals surface area contributed by atoms with Crippen LogP contribution >= 0.6 is 11.6 Å². The van der Waals surface area contributed by atoms with Crippen molar-refractivity contribution in [2.45, 2.75) is 0 Å². The second-order valence-corrected chi connectivity index (χ2v) is 4.79. The molecule has 0 radical (unpaired) electrons. The molecule has 1 heterocycles. The number of nitrogens with one attached hydrogen (secondary N) is 1. The lowest BCUT2D eigenvalue weighted by molar-refractivity contribution is 1.17. The minimum Gasteiger partial charge on any atom is -0.307 e. The molecule has 5 heteroatoms. The number of rotatable bonds is 3. The monoisotopic (exact) mass is 296 g/mol. The Kier molecular flexibility index (Phi) is 3.81. The summed E-state index contributed by atoms with van der Waals surface area (Å²) in [5.41, 5.74) is 5.63. The van der Waals surface area contributed by atoms with Gasteiger partial charge in [0.25, 0.3) is 0 Å². The summed E-state index contributed by atoms with van der Waals surface area (Å²) in [4.78, 5) is 8.96. The predicted molar refractivity (Wildman–Crippen MR) is 85.7 cm³/mol. The van der Waals surface area contributed by atoms with Gasteiger partial charge in [0.15, 0.2) is 11.0 Å². The first-order valence-corrected chi connectivity index (χ1v) is 6.82. The molecule has 0 atom stereocenters. The van der Waals surface area contributed by atoms with E-state index in [4.69, 9.17) is 17.4 Å². The van der Waals surface area contributed by atoms with Gasteiger partial charge < -0.3 is 5.43 Å². The van der Waals surface area contributed by atoms with Crippen molar-refractivity contribution in [3.05, 3.63) is 65.8 Å². The van der Waals surface area contributed by atoms with Crippen LogP contribution in [-0.2, 0) is 0 Å². The first kappa shape index (κ1) is 13.5. The van der Waals surface area contributed by atoms with Crippen molar-refractivity contribution in [2.75, 3.05) is 5.43 Å². The predicted octanol–water partition coefficient (Wildman–Crippen LogP) is 3.75. The van der Waals surface area contributed by atoms with Gasteiger partial charge in [0.05, 0.1) is 0 Å². The minimum absolute atomic E-state index is 0.346. The van der Waals surface area contributed by atoms with Gasteiger partial charge in [0, 0.05) is 11.1 Å². The van der Waals surface area contributed by atoms with E-state index < -0.39 is 0 Å². The number of nitrogen functional groups attached to an aromatic ring is 1. The van der Waals surface area contributed by atoms with E-state index in [1.165, 1.54) is 0 Å². The number of aromatic nitrogens is 2. The molecule has 2 aromatic carbocycles. The van der Waals surface area contributed by atoms with Gasteiger partial charge in [-0.1, -0.05) is 72.3 Å². The third-order valence-electron chi connectivity index (χ3n) is 3.08. The molecule has 21 heavy (non-hydrogen) atoms. The molecule has 0 bridgehead atoms. The molecule has 0 aliphatic heterocycles. The zero-order chi connectivity index (χ0) is 14.7. The molecule has 4 nitrogen and oxygen atoms in total. The smallest absolute Gasteiger partial charge is 0.167 e. The van der Waals surface area contributed by atoms with E-state index in [-0.39, 0.29) is 0 Å². The van der Waals surface area contributed by atoms with Crippen LogP contribution in [0.25, 0.3) is 22.5 Å². The van der Waals surface area contributed by atoms with Crippen LogP contribution in [0, 0.1) is 0 Å². The molecule has 3 N–H and O–H groups in total. The van der Waals surface area contributed by atoms with Gasteiger partial charge in [-0.15, -0.1) is 0 Å². The lowest BCUT2D eigenvalue weighted by Crippen LogP contribution is -2.11. The highest BCUT2D eigenvalue weighted by molar-refractivity contribution is 6.32. The van der Waals surface area contributed by atoms with Gasteiger partial charge >= 0.3 is 0 Å². The van der Waals surface area contributed by atoms with E-state index >= 15 is 0 Å². The summed E-state index contributed by atoms with van der Waals surface area (Å²) in [5, 5.41) is 0.346. The van der Waals surface area contributed by atoms with Gasteiger partial charge in [0.2, 0.25) is 0 Å². The van der Waals surface area contributed by atoms with E-state index in [0.29, 0.717) is 22.4 Å². The maximum atomic E-state index is 6.30. The topological polar surface area (TPSA) is 63.8 Å². The van der Waals surface area contributed by atoms with Gasteiger partial charge in [-0.05, 0) is 0 Å². The Morgan fingerprint density at radius 2 is 1.29 bits per heavy atom. The van der Waals surface area contributed by atoms with E-state index in [0.717, 1.165) is 11.1 Å². The third-order valence-corrected chi connectivity index (χ3v) is 3.35. The Bertz CT molecular complexity index is 745. The maximum absolute atomic E-state index is 6.30. The first-order chi connectivity index (χ1) is 10.3. The zero-order valence-corrected chi connectivity index (χ0v) is 11.9. The molecule has 0 amide bonds. The lowest BCUT2D eigenvalue weighted by atomic mass is 10.1. The van der Waals surface area contributed by atoms with Crippen LogP contribution in [0.4, 0.5) is 5.82 Å². The molecule has 0 unspecified atom stereocenters. The van der Waals surface area contributed by atoms with Crippen LogP contribution in [0.3, 0.4) is 0 Å². The van der Waals surface area contributed by atoms with Crippen molar-refractivity contribution in [1.29, 1.82) is 0 Å². The van der Waals surface area contributed by atoms with E-state index in [2.05, 4.69) is 15.4 Å². The second-order valence-electron chi connectivity index (χ2n) is 4.44. The minimum atomic E-state index is 0.346. The Morgan fingerprint density at radius 1 is 0.762 bits per heavy atom. The zero-order valence-electron chi connectivity index (χ0n) is 11.1. The van der Waals surface area contributed by atoms with Crippen molar-refractivity contribution < 1.29 is 0 Å². The fourth-order valence-electron chi connectivity index (χ4n) is 2.09. The standard InChI is InChI=1S/C16H13ClN4/c17-15-13(11-7-3-1-4-8-11)20-16(21-18)14(19-15)12-9-5-2-6-10-12/h1-10H,18H2,(H,20,21). The molecule has 104 valence electrons. The van der Waals surface area contributed by atoms with Crippen LogP contribution in [0.15, 0.2) is 60.7 Å². The number of anilines is 1. The van der Waals surface area contributed by atoms with Crippen molar-refractivity contribution in [3.63, 3.8) is 0 Å². The van der Waals surface area contributed by atoms with Crippen LogP contribution in [0.2, 0.25) is 5.15 Å². The van der Waals surface area contributed by atoms with Crippen LogP contribution in [-0.4, -0.2) is 9.97 Å². The summed E-state index contributed by atoms with van der Waals surface area (Å²) in [6.45, 7) is 0. The number of benzene rings is 2. The average Bonchev–Trinajstić information content (AvgIpc) is 2.56. The van der Waals surface area contributed by atoms with E-state index in [1.807, 2.05) is 60.7 Å². The Labute approximate surface area is 127 Å². The normalized spacial score (nSPS) is 10.4. The van der Waals surface area contributed by atoms with Crippen molar-refractivity contribution in [2.24, 2.45) is 5.84 Å². The molecule has 1 aromatic heterocycles. The number of nitrogens with two attached hydrogens (primary N) is 1. The summed E-state index contributed by atoms with van der Waals surface area (Å²) in [7, 11) is 0. The van der Waals surface area contributed by atoms with Crippen LogP contribution in [0.1, 0.15) is 0 Å². The Balaban J connectivity index is 2.16. The molecule has 0 aliphatic rings. The fraction of sp³-hybridized carbons (Fsp3) is 0. The Hall–Kier alpha value is -2.43. The maximum Gasteiger partial charge on any atom is 0.167 e. The van der Waals surface area contributed by atoms with E-state index in [1.54, 1.807) is 0 Å². The van der Waals surface area contributed by atoms with Crippen molar-refractivity contribution in [1.82, 2.24) is 9.97 Å². The lowest BCUT2D eigenvalue weighted by Gasteiger charge is -2.11. The summed E-state index contributed by atoms with van der Waals surface area (Å²) < 4.78 is 0. The van der Waals surface area contributed by atoms with E-state index in [9.17, 15) is 0 Å². The molecular formula is C16H13ClN4. The molecular weight excluding hydrogens is 284 g/mol. The molecule has 0 saturated carbocycles. The number of nitrogens with zero attached hydrogens (tertiary/aromatic N) is 2. The van der Waals surface area contributed by atoms with Crippen molar-refractivity contribution >= 4 is 17.4 Å². The van der Waals surface area contributed by atoms with Crippen molar-refractivity contribution in [3.8, 4) is 22.5 Å². The average molecular weight is 297 g/mol. The quantitative estimate of drug-likeness (QED) is 0.571. The summed E-state index contributed by atoms with van der Waals surface area (Å²) in [6.07, 6.45) is 0. The second kappa shape index (κ2) is 5.91. The summed E-state index contributed by atoms with van der Waals surface area (Å²) >= 11 is 6.30. The number of hydrogen-bond acceptors (Lipinski definition) is 4. The molecule has 0 spiro atoms. The number of hydrogen-bond donors (Lipinski definition) is 2. The van der Waals surface area contributed by atoms with Gasteiger partial charge in [0.1, 0.15) is 11.4 Å². The molecule has 0 fully saturated rings. The highest BCUT2D eigenvalue weighted by Gasteiger charge is 2.14. The molecule has 0 aliphatic carbocycles. The number of halogens is 1. The third kappa shape index (κ3) is 2.72. The molecule has 0 saturated heterocycles. The largest absolute Gasteiger partial charge is 0.307 e. The van der Waals surface area contributed by atoms with Crippen LogP contribution < -0.4 is 11.3 Å². The SMILES string of the molecule is NNc1nc(-c2ccccc2)c(Cl)nc1-c1ccccc1. The van der Waals surface area contributed by atoms with Gasteiger partial charge in [-0.25, -0.2) is 15.8 Å². The summed E-state index contributed by atoms with van der Waals surface area (Å²) in [6, 6.07) is 19.3. The van der Waals surface area contributed by atoms with Gasteiger partial charge in [-0.3, -0.25) is 0 Å². The van der Waals surface area contributed by atoms with Crippen LogP contribution in [0.5, 0.6) is 0 Å². The highest BCUT2D eigenvalue weighted by atomic mass is 35.5. The van der Waals surface area contributed by atoms with Gasteiger partial charge in [-0.2, -0.15) is 0 Å². The Morgan fingerprint density at radius 3 is 1.81 bits per heavy atom. The highest BCUT2D eigenvalue weighted by Crippen LogP contribution is 2.31. The first-order valence-electron chi connectivity index (χ1n) is 6.44. The fourth-order valence-corrected chi connectivity index (χ4v) is 2.33. The molecule has 3 rings (SSSR count). The molecule has 3 aromatic rings. The summed E-state index contributed by atoms with van der Waals surface area (Å²) in [5.74, 6) is 6.08.